The molecule has 0 spiro atoms. The van der Waals surface area contributed by atoms with Crippen molar-refractivity contribution >= 4 is 46.2 Å². The average Bonchev–Trinajstić information content (AvgIpc) is 2.63. The summed E-state index contributed by atoms with van der Waals surface area (Å²) in [7, 11) is 0. The summed E-state index contributed by atoms with van der Waals surface area (Å²) in [6.45, 7) is 2.54. The summed E-state index contributed by atoms with van der Waals surface area (Å²) < 4.78 is 10.9. The van der Waals surface area contributed by atoms with Gasteiger partial charge in [-0.05, 0) is 49.0 Å². The van der Waals surface area contributed by atoms with Crippen LogP contribution in [0, 0.1) is 17.0 Å². The second kappa shape index (κ2) is 7.77. The van der Waals surface area contributed by atoms with Crippen LogP contribution in [0.5, 0.6) is 11.5 Å². The molecule has 0 atom stereocenters. The van der Waals surface area contributed by atoms with Crippen LogP contribution in [-0.2, 0) is 0 Å². The molecule has 0 radical (unpaired) electrons. The average molecular weight is 408 g/mol. The number of nitro benzene ring substituents is 1. The summed E-state index contributed by atoms with van der Waals surface area (Å²) in [5, 5.41) is 16.3. The Balaban J connectivity index is 1.70. The highest BCUT2D eigenvalue weighted by atomic mass is 35.5. The van der Waals surface area contributed by atoms with E-state index in [-0.39, 0.29) is 15.8 Å². The number of nitro groups is 1. The molecule has 3 rings (SSSR count). The van der Waals surface area contributed by atoms with Gasteiger partial charge in [-0.3, -0.25) is 20.2 Å². The summed E-state index contributed by atoms with van der Waals surface area (Å²) in [6, 6.07) is 7.54. The minimum atomic E-state index is -0.568. The molecule has 10 heteroatoms. The van der Waals surface area contributed by atoms with Gasteiger partial charge in [-0.2, -0.15) is 0 Å². The molecule has 1 amide bonds. The van der Waals surface area contributed by atoms with Crippen molar-refractivity contribution in [2.45, 2.75) is 6.92 Å². The third-order valence-corrected chi connectivity index (χ3v) is 4.28. The van der Waals surface area contributed by atoms with Crippen LogP contribution in [0.25, 0.3) is 0 Å². The number of carbonyl (C=O) groups excluding carboxylic acids is 1. The van der Waals surface area contributed by atoms with E-state index in [0.29, 0.717) is 41.5 Å². The Bertz CT molecular complexity index is 950. The number of aryl methyl sites for hydroxylation is 1. The third-order valence-electron chi connectivity index (χ3n) is 3.77. The normalized spacial score (nSPS) is 12.2. The highest BCUT2D eigenvalue weighted by Crippen LogP contribution is 2.31. The zero-order chi connectivity index (χ0) is 19.6. The van der Waals surface area contributed by atoms with E-state index in [0.717, 1.165) is 0 Å². The summed E-state index contributed by atoms with van der Waals surface area (Å²) >= 11 is 11.1. The molecule has 2 N–H and O–H groups in total. The Labute approximate surface area is 164 Å². The van der Waals surface area contributed by atoms with Crippen LogP contribution in [0.1, 0.15) is 15.9 Å². The smallest absolute Gasteiger partial charge is 0.288 e. The van der Waals surface area contributed by atoms with E-state index in [1.54, 1.807) is 25.1 Å². The van der Waals surface area contributed by atoms with Gasteiger partial charge in [0.05, 0.1) is 4.92 Å². The van der Waals surface area contributed by atoms with Crippen LogP contribution in [0.4, 0.5) is 11.4 Å². The lowest BCUT2D eigenvalue weighted by Gasteiger charge is -2.19. The third kappa shape index (κ3) is 4.26. The molecule has 0 bridgehead atoms. The number of benzene rings is 2. The number of nitrogens with one attached hydrogen (secondary N) is 2. The van der Waals surface area contributed by atoms with E-state index >= 15 is 0 Å². The SMILES string of the molecule is Cc1cc([N+](=O)[O-])c(Cl)cc1NC(=S)NC(=O)c1ccc2c(c1)OCCO2. The van der Waals surface area contributed by atoms with Crippen LogP contribution in [0.3, 0.4) is 0 Å². The van der Waals surface area contributed by atoms with Crippen LogP contribution in [0.2, 0.25) is 5.02 Å². The maximum absolute atomic E-state index is 12.4. The Morgan fingerprint density at radius 2 is 1.93 bits per heavy atom. The number of amides is 1. The molecule has 140 valence electrons. The molecule has 8 nitrogen and oxygen atoms in total. The highest BCUT2D eigenvalue weighted by Gasteiger charge is 2.18. The Hall–Kier alpha value is -2.91. The highest BCUT2D eigenvalue weighted by molar-refractivity contribution is 7.80. The number of halogens is 1. The molecule has 0 aromatic heterocycles. The molecule has 0 saturated carbocycles. The Morgan fingerprint density at radius 3 is 2.63 bits per heavy atom. The van der Waals surface area contributed by atoms with E-state index < -0.39 is 10.8 Å². The summed E-state index contributed by atoms with van der Waals surface area (Å²) in [4.78, 5) is 22.7. The lowest BCUT2D eigenvalue weighted by molar-refractivity contribution is -0.384. The largest absolute Gasteiger partial charge is 0.486 e. The first kappa shape index (κ1) is 18.9. The van der Waals surface area contributed by atoms with Gasteiger partial charge in [0, 0.05) is 17.3 Å². The van der Waals surface area contributed by atoms with Crippen molar-refractivity contribution < 1.29 is 19.2 Å². The number of thiocarbonyl (C=S) groups is 1. The van der Waals surface area contributed by atoms with Crippen molar-refractivity contribution in [1.82, 2.24) is 5.32 Å². The number of ether oxygens (including phenoxy) is 2. The zero-order valence-electron chi connectivity index (χ0n) is 14.1. The van der Waals surface area contributed by atoms with Gasteiger partial charge in [0.25, 0.3) is 11.6 Å². The van der Waals surface area contributed by atoms with E-state index in [1.165, 1.54) is 12.1 Å². The van der Waals surface area contributed by atoms with Crippen LogP contribution < -0.4 is 20.1 Å². The van der Waals surface area contributed by atoms with E-state index in [4.69, 9.17) is 33.3 Å². The molecular formula is C17H14ClN3O5S. The van der Waals surface area contributed by atoms with Crippen molar-refractivity contribution in [3.05, 3.63) is 56.6 Å². The number of carbonyl (C=O) groups is 1. The van der Waals surface area contributed by atoms with Crippen LogP contribution in [0.15, 0.2) is 30.3 Å². The van der Waals surface area contributed by atoms with E-state index in [2.05, 4.69) is 10.6 Å². The van der Waals surface area contributed by atoms with Crippen LogP contribution in [-0.4, -0.2) is 29.2 Å². The molecule has 2 aromatic rings. The van der Waals surface area contributed by atoms with Gasteiger partial charge in [0.1, 0.15) is 18.2 Å². The van der Waals surface area contributed by atoms with Crippen molar-refractivity contribution in [3.63, 3.8) is 0 Å². The van der Waals surface area contributed by atoms with Crippen molar-refractivity contribution in [3.8, 4) is 11.5 Å². The number of anilines is 1. The topological polar surface area (TPSA) is 103 Å². The monoisotopic (exact) mass is 407 g/mol. The molecule has 0 fully saturated rings. The standard InChI is InChI=1S/C17H14ClN3O5S/c1-9-6-13(21(23)24)11(18)8-12(9)19-17(27)20-16(22)10-2-3-14-15(7-10)26-5-4-25-14/h2-3,6-8H,4-5H2,1H3,(H2,19,20,22,27). The molecule has 1 aliphatic heterocycles. The number of hydrogen-bond donors (Lipinski definition) is 2. The summed E-state index contributed by atoms with van der Waals surface area (Å²) in [6.07, 6.45) is 0. The van der Waals surface area contributed by atoms with Gasteiger partial charge in [-0.25, -0.2) is 0 Å². The molecular weight excluding hydrogens is 394 g/mol. The van der Waals surface area contributed by atoms with Gasteiger partial charge in [0.2, 0.25) is 0 Å². The first-order valence-corrected chi connectivity index (χ1v) is 8.60. The van der Waals surface area contributed by atoms with E-state index in [1.807, 2.05) is 0 Å². The maximum atomic E-state index is 12.4. The predicted octanol–water partition coefficient (Wildman–Crippen LogP) is 3.45. The number of hydrogen-bond acceptors (Lipinski definition) is 6. The second-order valence-corrected chi connectivity index (χ2v) is 6.46. The van der Waals surface area contributed by atoms with E-state index in [9.17, 15) is 14.9 Å². The lowest BCUT2D eigenvalue weighted by atomic mass is 10.1. The lowest BCUT2D eigenvalue weighted by Crippen LogP contribution is -2.34. The summed E-state index contributed by atoms with van der Waals surface area (Å²) in [5.74, 6) is 0.635. The van der Waals surface area contributed by atoms with Gasteiger partial charge >= 0.3 is 0 Å². The van der Waals surface area contributed by atoms with Gasteiger partial charge in [-0.1, -0.05) is 11.6 Å². The minimum Gasteiger partial charge on any atom is -0.486 e. The molecule has 0 saturated heterocycles. The summed E-state index contributed by atoms with van der Waals surface area (Å²) in [5.41, 5.74) is 1.16. The Morgan fingerprint density at radius 1 is 1.22 bits per heavy atom. The molecule has 27 heavy (non-hydrogen) atoms. The molecule has 0 unspecified atom stereocenters. The van der Waals surface area contributed by atoms with Gasteiger partial charge < -0.3 is 14.8 Å². The van der Waals surface area contributed by atoms with Gasteiger partial charge in [-0.15, -0.1) is 0 Å². The fourth-order valence-corrected chi connectivity index (χ4v) is 2.89. The second-order valence-electron chi connectivity index (χ2n) is 5.64. The molecule has 2 aromatic carbocycles. The van der Waals surface area contributed by atoms with Gasteiger partial charge in [0.15, 0.2) is 16.6 Å². The quantitative estimate of drug-likeness (QED) is 0.456. The van der Waals surface area contributed by atoms with Crippen molar-refractivity contribution in [2.75, 3.05) is 18.5 Å². The molecule has 1 heterocycles. The first-order chi connectivity index (χ1) is 12.8. The number of rotatable bonds is 3. The van der Waals surface area contributed by atoms with Crippen molar-refractivity contribution in [2.24, 2.45) is 0 Å². The van der Waals surface area contributed by atoms with Crippen LogP contribution >= 0.6 is 23.8 Å². The fraction of sp³-hybridized carbons (Fsp3) is 0.176. The maximum Gasteiger partial charge on any atom is 0.288 e. The minimum absolute atomic E-state index is 0.0305. The first-order valence-electron chi connectivity index (χ1n) is 7.81. The fourth-order valence-electron chi connectivity index (χ4n) is 2.45. The molecule has 1 aliphatic rings. The Kier molecular flexibility index (Phi) is 5.43. The predicted molar refractivity (Wildman–Crippen MR) is 104 cm³/mol. The number of fused-ring (bicyclic) bond motifs is 1. The molecule has 0 aliphatic carbocycles. The van der Waals surface area contributed by atoms with Crippen molar-refractivity contribution in [1.29, 1.82) is 0 Å². The zero-order valence-corrected chi connectivity index (χ0v) is 15.6. The number of nitrogens with zero attached hydrogens (tertiary/aromatic N) is 1.